The highest BCUT2D eigenvalue weighted by atomic mass is 16.5. The van der Waals surface area contributed by atoms with E-state index in [2.05, 4.69) is 26.1 Å². The molecule has 0 spiro atoms. The van der Waals surface area contributed by atoms with Crippen molar-refractivity contribution in [1.82, 2.24) is 5.32 Å². The molecule has 0 radical (unpaired) electrons. The molecule has 2 aliphatic carbocycles. The smallest absolute Gasteiger partial charge is 0.0681 e. The molecule has 0 aromatic heterocycles. The Morgan fingerprint density at radius 1 is 1.24 bits per heavy atom. The summed E-state index contributed by atoms with van der Waals surface area (Å²) in [4.78, 5) is 0. The maximum absolute atomic E-state index is 9.79. The number of aliphatic hydroxyl groups excluding tert-OH is 1. The summed E-state index contributed by atoms with van der Waals surface area (Å²) in [5.74, 6) is 0.612. The summed E-state index contributed by atoms with van der Waals surface area (Å²) in [5, 5.41) is 13.4. The molecule has 2 saturated carbocycles. The Morgan fingerprint density at radius 2 is 1.88 bits per heavy atom. The van der Waals surface area contributed by atoms with Gasteiger partial charge in [-0.2, -0.15) is 0 Å². The molecule has 100 valence electrons. The maximum atomic E-state index is 9.79. The summed E-state index contributed by atoms with van der Waals surface area (Å²) in [5.41, 5.74) is -0.256. The van der Waals surface area contributed by atoms with Gasteiger partial charge < -0.3 is 15.2 Å². The zero-order valence-corrected chi connectivity index (χ0v) is 11.5. The van der Waals surface area contributed by atoms with Crippen molar-refractivity contribution in [2.24, 2.45) is 5.92 Å². The van der Waals surface area contributed by atoms with Crippen LogP contribution in [0.5, 0.6) is 0 Å². The Hall–Kier alpha value is -0.120. The van der Waals surface area contributed by atoms with Gasteiger partial charge in [0.1, 0.15) is 0 Å². The molecule has 0 aromatic rings. The third-order valence-corrected chi connectivity index (χ3v) is 4.28. The van der Waals surface area contributed by atoms with E-state index in [1.54, 1.807) is 0 Å². The monoisotopic (exact) mass is 241 g/mol. The van der Waals surface area contributed by atoms with Gasteiger partial charge >= 0.3 is 0 Å². The predicted octanol–water partition coefficient (Wildman–Crippen LogP) is 2.08. The minimum Gasteiger partial charge on any atom is -0.394 e. The first-order valence-electron chi connectivity index (χ1n) is 7.04. The van der Waals surface area contributed by atoms with Gasteiger partial charge in [0.25, 0.3) is 0 Å². The van der Waals surface area contributed by atoms with Gasteiger partial charge in [0.05, 0.1) is 24.4 Å². The van der Waals surface area contributed by atoms with Crippen LogP contribution in [0.2, 0.25) is 0 Å². The Bertz CT molecular complexity index is 259. The lowest BCUT2D eigenvalue weighted by molar-refractivity contribution is -0.0675. The van der Waals surface area contributed by atoms with E-state index in [0.717, 1.165) is 6.42 Å². The van der Waals surface area contributed by atoms with Crippen molar-refractivity contribution >= 4 is 0 Å². The average molecular weight is 241 g/mol. The van der Waals surface area contributed by atoms with E-state index in [1.165, 1.54) is 25.7 Å². The second kappa shape index (κ2) is 4.87. The van der Waals surface area contributed by atoms with Crippen LogP contribution in [0.4, 0.5) is 0 Å². The van der Waals surface area contributed by atoms with Crippen molar-refractivity contribution < 1.29 is 9.84 Å². The van der Waals surface area contributed by atoms with E-state index in [1.807, 2.05) is 0 Å². The molecule has 2 aliphatic rings. The molecule has 1 unspecified atom stereocenters. The summed E-state index contributed by atoms with van der Waals surface area (Å²) in [6.07, 6.45) is 5.98. The molecule has 0 aromatic carbocycles. The first-order valence-corrected chi connectivity index (χ1v) is 7.04. The second-order valence-corrected chi connectivity index (χ2v) is 6.41. The molecule has 2 N–H and O–H groups in total. The highest BCUT2D eigenvalue weighted by Gasteiger charge is 2.48. The van der Waals surface area contributed by atoms with Crippen LogP contribution in [0.15, 0.2) is 0 Å². The number of nitrogens with one attached hydrogen (secondary N) is 1. The fourth-order valence-corrected chi connectivity index (χ4v) is 2.19. The summed E-state index contributed by atoms with van der Waals surface area (Å²) in [6, 6.07) is 0.621. The molecule has 3 heteroatoms. The quantitative estimate of drug-likeness (QED) is 0.683. The van der Waals surface area contributed by atoms with E-state index in [9.17, 15) is 5.11 Å². The second-order valence-electron chi connectivity index (χ2n) is 6.41. The number of hydrogen-bond acceptors (Lipinski definition) is 3. The standard InChI is InChI=1S/C14H27NO2/c1-4-13(2,3)17-10-14(9-16,11-5-6-11)15-12-7-8-12/h11-12,15-16H,4-10H2,1-3H3. The molecular formula is C14H27NO2. The molecule has 2 rings (SSSR count). The molecular weight excluding hydrogens is 214 g/mol. The van der Waals surface area contributed by atoms with Crippen LogP contribution in [0.3, 0.4) is 0 Å². The first-order chi connectivity index (χ1) is 8.01. The van der Waals surface area contributed by atoms with E-state index in [0.29, 0.717) is 18.6 Å². The molecule has 17 heavy (non-hydrogen) atoms. The minimum absolute atomic E-state index is 0.0828. The van der Waals surface area contributed by atoms with Gasteiger partial charge in [-0.15, -0.1) is 0 Å². The number of hydrogen-bond donors (Lipinski definition) is 2. The SMILES string of the molecule is CCC(C)(C)OCC(CO)(NC1CC1)C1CC1. The van der Waals surface area contributed by atoms with E-state index in [4.69, 9.17) is 4.74 Å². The van der Waals surface area contributed by atoms with Crippen LogP contribution in [-0.2, 0) is 4.74 Å². The molecule has 1 atom stereocenters. The molecule has 2 fully saturated rings. The van der Waals surface area contributed by atoms with Crippen molar-refractivity contribution in [2.45, 2.75) is 70.1 Å². The van der Waals surface area contributed by atoms with Crippen LogP contribution in [0, 0.1) is 5.92 Å². The number of ether oxygens (including phenoxy) is 1. The number of rotatable bonds is 8. The molecule has 0 heterocycles. The van der Waals surface area contributed by atoms with Gasteiger partial charge in [-0.3, -0.25) is 0 Å². The van der Waals surface area contributed by atoms with Gasteiger partial charge in [-0.1, -0.05) is 6.92 Å². The first kappa shape index (κ1) is 13.3. The van der Waals surface area contributed by atoms with Gasteiger partial charge in [-0.25, -0.2) is 0 Å². The summed E-state index contributed by atoms with van der Waals surface area (Å²) >= 11 is 0. The van der Waals surface area contributed by atoms with Crippen LogP contribution in [0.1, 0.15) is 52.9 Å². The van der Waals surface area contributed by atoms with E-state index < -0.39 is 0 Å². The average Bonchev–Trinajstić information content (AvgIpc) is 3.16. The third kappa shape index (κ3) is 3.43. The van der Waals surface area contributed by atoms with Crippen LogP contribution >= 0.6 is 0 Å². The van der Waals surface area contributed by atoms with Crippen molar-refractivity contribution in [3.63, 3.8) is 0 Å². The lowest BCUT2D eigenvalue weighted by Gasteiger charge is -2.37. The largest absolute Gasteiger partial charge is 0.394 e. The van der Waals surface area contributed by atoms with Crippen LogP contribution < -0.4 is 5.32 Å². The molecule has 0 saturated heterocycles. The molecule has 3 nitrogen and oxygen atoms in total. The fourth-order valence-electron chi connectivity index (χ4n) is 2.19. The Labute approximate surface area is 105 Å². The number of aliphatic hydroxyl groups is 1. The molecule has 0 bridgehead atoms. The maximum Gasteiger partial charge on any atom is 0.0681 e. The van der Waals surface area contributed by atoms with Crippen LogP contribution in [-0.4, -0.2) is 35.5 Å². The van der Waals surface area contributed by atoms with Crippen molar-refractivity contribution in [1.29, 1.82) is 0 Å². The predicted molar refractivity (Wildman–Crippen MR) is 69.0 cm³/mol. The van der Waals surface area contributed by atoms with Crippen LogP contribution in [0.25, 0.3) is 0 Å². The lowest BCUT2D eigenvalue weighted by atomic mass is 9.94. The summed E-state index contributed by atoms with van der Waals surface area (Å²) < 4.78 is 6.04. The Kier molecular flexibility index (Phi) is 3.81. The fraction of sp³-hybridized carbons (Fsp3) is 1.00. The van der Waals surface area contributed by atoms with Gasteiger partial charge in [0, 0.05) is 6.04 Å². The zero-order chi connectivity index (χ0) is 12.5. The normalized spacial score (nSPS) is 24.7. The van der Waals surface area contributed by atoms with Gasteiger partial charge in [0.2, 0.25) is 0 Å². The van der Waals surface area contributed by atoms with Gasteiger partial charge in [-0.05, 0) is 51.9 Å². The minimum atomic E-state index is -0.173. The highest BCUT2D eigenvalue weighted by molar-refractivity contribution is 5.04. The van der Waals surface area contributed by atoms with Crippen molar-refractivity contribution in [3.05, 3.63) is 0 Å². The Morgan fingerprint density at radius 3 is 2.29 bits per heavy atom. The molecule has 0 aliphatic heterocycles. The van der Waals surface area contributed by atoms with E-state index >= 15 is 0 Å². The Balaban J connectivity index is 1.94. The van der Waals surface area contributed by atoms with Gasteiger partial charge in [0.15, 0.2) is 0 Å². The van der Waals surface area contributed by atoms with Crippen molar-refractivity contribution in [2.75, 3.05) is 13.2 Å². The summed E-state index contributed by atoms with van der Waals surface area (Å²) in [6.45, 7) is 7.24. The zero-order valence-electron chi connectivity index (χ0n) is 11.5. The van der Waals surface area contributed by atoms with Crippen molar-refractivity contribution in [3.8, 4) is 0 Å². The highest BCUT2D eigenvalue weighted by Crippen LogP contribution is 2.42. The lowest BCUT2D eigenvalue weighted by Crippen LogP contribution is -2.56. The van der Waals surface area contributed by atoms with E-state index in [-0.39, 0.29) is 17.7 Å². The summed E-state index contributed by atoms with van der Waals surface area (Å²) in [7, 11) is 0. The third-order valence-electron chi connectivity index (χ3n) is 4.28. The molecule has 0 amide bonds. The topological polar surface area (TPSA) is 41.5 Å².